The zero-order valence-corrected chi connectivity index (χ0v) is 11.9. The third kappa shape index (κ3) is 2.47. The Morgan fingerprint density at radius 1 is 1.41 bits per heavy atom. The van der Waals surface area contributed by atoms with Crippen LogP contribution in [0, 0.1) is 18.6 Å². The first-order chi connectivity index (χ1) is 8.13. The normalized spacial score (nSPS) is 11.0. The number of aromatic nitrogens is 4. The van der Waals surface area contributed by atoms with E-state index in [4.69, 9.17) is 12.2 Å². The summed E-state index contributed by atoms with van der Waals surface area (Å²) in [6.07, 6.45) is 2.25. The lowest BCUT2D eigenvalue weighted by molar-refractivity contribution is 0.629. The number of nitrogens with one attached hydrogen (secondary N) is 1. The zero-order valence-electron chi connectivity index (χ0n) is 10.3. The van der Waals surface area contributed by atoms with Crippen LogP contribution in [-0.2, 0) is 6.54 Å². The number of nitrogens with zero attached hydrogens (tertiary/aromatic N) is 3. The summed E-state index contributed by atoms with van der Waals surface area (Å²) >= 11 is 6.93. The lowest BCUT2D eigenvalue weighted by Crippen LogP contribution is -2.00. The van der Waals surface area contributed by atoms with E-state index in [1.54, 1.807) is 11.3 Å². The lowest BCUT2D eigenvalue weighted by Gasteiger charge is -2.04. The highest BCUT2D eigenvalue weighted by Crippen LogP contribution is 2.28. The van der Waals surface area contributed by atoms with E-state index in [2.05, 4.69) is 26.7 Å². The van der Waals surface area contributed by atoms with Crippen molar-refractivity contribution in [3.8, 4) is 10.7 Å². The summed E-state index contributed by atoms with van der Waals surface area (Å²) in [6, 6.07) is 0. The molecule has 0 saturated heterocycles. The average molecular weight is 268 g/mol. The summed E-state index contributed by atoms with van der Waals surface area (Å²) in [6.45, 7) is 7.11. The fourth-order valence-corrected chi connectivity index (χ4v) is 2.90. The molecule has 0 aliphatic carbocycles. The molecule has 2 rings (SSSR count). The quantitative estimate of drug-likeness (QED) is 0.864. The van der Waals surface area contributed by atoms with E-state index < -0.39 is 0 Å². The minimum Gasteiger partial charge on any atom is -0.299 e. The summed E-state index contributed by atoms with van der Waals surface area (Å²) in [5.41, 5.74) is 1.03. The molecule has 0 aliphatic rings. The van der Waals surface area contributed by atoms with Gasteiger partial charge in [0, 0.05) is 6.54 Å². The highest BCUT2D eigenvalue weighted by atomic mass is 32.1. The Hall–Kier alpha value is -1.01. The van der Waals surface area contributed by atoms with E-state index in [1.807, 2.05) is 13.8 Å². The van der Waals surface area contributed by atoms with Crippen LogP contribution in [0.5, 0.6) is 0 Å². The predicted octanol–water partition coefficient (Wildman–Crippen LogP) is 3.48. The molecule has 6 heteroatoms. The van der Waals surface area contributed by atoms with Gasteiger partial charge in [-0.2, -0.15) is 5.10 Å². The second-order valence-corrected chi connectivity index (χ2v) is 5.59. The molecule has 0 spiro atoms. The molecule has 2 aromatic rings. The standard InChI is InChI=1S/C11H16N4S2/c1-4-5-6-15-10(13-14-11(15)16)9-7(2)12-8(3)17-9/h4-6H2,1-3H3,(H,14,16). The van der Waals surface area contributed by atoms with Gasteiger partial charge in [-0.1, -0.05) is 13.3 Å². The molecule has 17 heavy (non-hydrogen) atoms. The van der Waals surface area contributed by atoms with Gasteiger partial charge in [0.05, 0.1) is 15.6 Å². The maximum Gasteiger partial charge on any atom is 0.195 e. The number of H-pyrrole nitrogens is 1. The number of hydrogen-bond donors (Lipinski definition) is 1. The SMILES string of the molecule is CCCCn1c(-c2sc(C)nc2C)n[nH]c1=S. The number of aryl methyl sites for hydroxylation is 2. The Labute approximate surface area is 110 Å². The summed E-state index contributed by atoms with van der Waals surface area (Å²) in [7, 11) is 0. The molecule has 0 saturated carbocycles. The molecule has 0 unspecified atom stereocenters. The molecule has 1 N–H and O–H groups in total. The molecule has 0 aromatic carbocycles. The van der Waals surface area contributed by atoms with E-state index in [0.717, 1.165) is 40.8 Å². The van der Waals surface area contributed by atoms with Gasteiger partial charge in [-0.3, -0.25) is 9.67 Å². The van der Waals surface area contributed by atoms with E-state index in [-0.39, 0.29) is 0 Å². The molecule has 0 radical (unpaired) electrons. The smallest absolute Gasteiger partial charge is 0.195 e. The number of thiazole rings is 1. The lowest BCUT2D eigenvalue weighted by atomic mass is 10.3. The largest absolute Gasteiger partial charge is 0.299 e. The van der Waals surface area contributed by atoms with Crippen LogP contribution in [0.4, 0.5) is 0 Å². The third-order valence-corrected chi connectivity index (χ3v) is 3.98. The van der Waals surface area contributed by atoms with Gasteiger partial charge in [-0.15, -0.1) is 11.3 Å². The predicted molar refractivity (Wildman–Crippen MR) is 72.9 cm³/mol. The Bertz CT molecular complexity index is 564. The van der Waals surface area contributed by atoms with Crippen molar-refractivity contribution in [1.82, 2.24) is 19.7 Å². The summed E-state index contributed by atoms with van der Waals surface area (Å²) in [5, 5.41) is 8.27. The van der Waals surface area contributed by atoms with Crippen molar-refractivity contribution in [2.45, 2.75) is 40.2 Å². The molecule has 0 fully saturated rings. The first-order valence-electron chi connectivity index (χ1n) is 5.73. The highest BCUT2D eigenvalue weighted by Gasteiger charge is 2.14. The first-order valence-corrected chi connectivity index (χ1v) is 6.95. The fraction of sp³-hybridized carbons (Fsp3) is 0.545. The van der Waals surface area contributed by atoms with Gasteiger partial charge >= 0.3 is 0 Å². The van der Waals surface area contributed by atoms with Crippen molar-refractivity contribution in [3.05, 3.63) is 15.5 Å². The van der Waals surface area contributed by atoms with Gasteiger partial charge in [0.25, 0.3) is 0 Å². The van der Waals surface area contributed by atoms with Crippen LogP contribution >= 0.6 is 23.6 Å². The van der Waals surface area contributed by atoms with Crippen LogP contribution in [0.15, 0.2) is 0 Å². The third-order valence-electron chi connectivity index (χ3n) is 2.60. The van der Waals surface area contributed by atoms with Crippen molar-refractivity contribution in [3.63, 3.8) is 0 Å². The number of aromatic amines is 1. The first kappa shape index (κ1) is 12.4. The Morgan fingerprint density at radius 2 is 2.18 bits per heavy atom. The van der Waals surface area contributed by atoms with Gasteiger partial charge in [0.1, 0.15) is 0 Å². The van der Waals surface area contributed by atoms with Crippen LogP contribution in [0.25, 0.3) is 10.7 Å². The van der Waals surface area contributed by atoms with Crippen LogP contribution in [0.1, 0.15) is 30.5 Å². The van der Waals surface area contributed by atoms with Crippen molar-refractivity contribution in [1.29, 1.82) is 0 Å². The van der Waals surface area contributed by atoms with Gasteiger partial charge in [-0.05, 0) is 32.5 Å². The Balaban J connectivity index is 2.45. The molecule has 0 aliphatic heterocycles. The highest BCUT2D eigenvalue weighted by molar-refractivity contribution is 7.71. The molecule has 0 bridgehead atoms. The summed E-state index contributed by atoms with van der Waals surface area (Å²) in [5.74, 6) is 0.923. The van der Waals surface area contributed by atoms with Crippen LogP contribution in [-0.4, -0.2) is 19.7 Å². The summed E-state index contributed by atoms with van der Waals surface area (Å²) < 4.78 is 2.76. The van der Waals surface area contributed by atoms with E-state index in [9.17, 15) is 0 Å². The maximum absolute atomic E-state index is 5.27. The van der Waals surface area contributed by atoms with Crippen molar-refractivity contribution in [2.24, 2.45) is 0 Å². The van der Waals surface area contributed by atoms with Gasteiger partial charge < -0.3 is 0 Å². The van der Waals surface area contributed by atoms with Gasteiger partial charge in [0.15, 0.2) is 10.6 Å². The minimum absolute atomic E-state index is 0.693. The number of hydrogen-bond acceptors (Lipinski definition) is 4. The average Bonchev–Trinajstić information content (AvgIpc) is 2.79. The van der Waals surface area contributed by atoms with Crippen LogP contribution < -0.4 is 0 Å². The molecule has 4 nitrogen and oxygen atoms in total. The molecule has 92 valence electrons. The zero-order chi connectivity index (χ0) is 12.4. The van der Waals surface area contributed by atoms with E-state index in [1.165, 1.54) is 0 Å². The fourth-order valence-electron chi connectivity index (χ4n) is 1.75. The van der Waals surface area contributed by atoms with Crippen molar-refractivity contribution >= 4 is 23.6 Å². The molecule has 2 aromatic heterocycles. The molecule has 2 heterocycles. The Kier molecular flexibility index (Phi) is 3.73. The topological polar surface area (TPSA) is 46.5 Å². The van der Waals surface area contributed by atoms with Crippen molar-refractivity contribution < 1.29 is 0 Å². The molecular weight excluding hydrogens is 252 g/mol. The second-order valence-electron chi connectivity index (χ2n) is 4.00. The van der Waals surface area contributed by atoms with E-state index in [0.29, 0.717) is 4.77 Å². The Morgan fingerprint density at radius 3 is 2.76 bits per heavy atom. The van der Waals surface area contributed by atoms with Crippen molar-refractivity contribution in [2.75, 3.05) is 0 Å². The molecule has 0 amide bonds. The molecule has 0 atom stereocenters. The minimum atomic E-state index is 0.693. The molecular formula is C11H16N4S2. The number of unbranched alkanes of at least 4 members (excludes halogenated alkanes) is 1. The van der Waals surface area contributed by atoms with Gasteiger partial charge in [-0.25, -0.2) is 4.98 Å². The van der Waals surface area contributed by atoms with E-state index >= 15 is 0 Å². The second kappa shape index (κ2) is 5.10. The number of rotatable bonds is 4. The monoisotopic (exact) mass is 268 g/mol. The van der Waals surface area contributed by atoms with Crippen LogP contribution in [0.3, 0.4) is 0 Å². The summed E-state index contributed by atoms with van der Waals surface area (Å²) in [4.78, 5) is 5.55. The maximum atomic E-state index is 5.27. The van der Waals surface area contributed by atoms with Crippen LogP contribution in [0.2, 0.25) is 0 Å². The van der Waals surface area contributed by atoms with Gasteiger partial charge in [0.2, 0.25) is 0 Å².